The van der Waals surface area contributed by atoms with Gasteiger partial charge < -0.3 is 20.1 Å². The van der Waals surface area contributed by atoms with Crippen LogP contribution in [0.4, 0.5) is 0 Å². The Morgan fingerprint density at radius 2 is 1.94 bits per heavy atom. The van der Waals surface area contributed by atoms with E-state index >= 15 is 0 Å². The highest BCUT2D eigenvalue weighted by atomic mass is 32.2. The number of aromatic amines is 1. The molecule has 0 saturated carbocycles. The predicted molar refractivity (Wildman–Crippen MR) is 139 cm³/mol. The molecule has 2 unspecified atom stereocenters. The van der Waals surface area contributed by atoms with Gasteiger partial charge in [0.25, 0.3) is 0 Å². The molecule has 0 saturated heterocycles. The Morgan fingerprint density at radius 1 is 1.19 bits per heavy atom. The number of aromatic hydroxyl groups is 1. The fourth-order valence-electron chi connectivity index (χ4n) is 3.55. The topological polar surface area (TPSA) is 130 Å². The average Bonchev–Trinajstić information content (AvgIpc) is 3.45. The van der Waals surface area contributed by atoms with Crippen molar-refractivity contribution in [3.63, 3.8) is 0 Å². The van der Waals surface area contributed by atoms with Gasteiger partial charge >= 0.3 is 11.7 Å². The highest BCUT2D eigenvalue weighted by Crippen LogP contribution is 2.27. The monoisotopic (exact) mass is 531 g/mol. The minimum Gasteiger partial charge on any atom is -0.493 e. The summed E-state index contributed by atoms with van der Waals surface area (Å²) in [6, 6.07) is 12.1. The zero-order chi connectivity index (χ0) is 26.1. The molecule has 0 spiro atoms. The lowest BCUT2D eigenvalue weighted by atomic mass is 9.99. The fraction of sp³-hybridized carbons (Fsp3) is 0.360. The molecule has 192 valence electrons. The van der Waals surface area contributed by atoms with E-state index in [9.17, 15) is 24.3 Å². The predicted octanol–water partition coefficient (Wildman–Crippen LogP) is 3.24. The second kappa shape index (κ2) is 13.1. The number of nitrogens with zero attached hydrogens (tertiary/aromatic N) is 1. The van der Waals surface area contributed by atoms with Crippen molar-refractivity contribution in [2.45, 2.75) is 39.3 Å². The molecule has 2 heterocycles. The number of imidazole rings is 1. The number of hydrogen-bond acceptors (Lipinski definition) is 8. The number of carbonyl (C=O) groups excluding carboxylic acids is 3. The van der Waals surface area contributed by atoms with Crippen molar-refractivity contribution in [1.29, 1.82) is 0 Å². The van der Waals surface area contributed by atoms with Gasteiger partial charge in [0.1, 0.15) is 0 Å². The Labute approximate surface area is 216 Å². The second-order valence-corrected chi connectivity index (χ2v) is 10.5. The zero-order valence-corrected chi connectivity index (χ0v) is 21.7. The van der Waals surface area contributed by atoms with E-state index in [1.54, 1.807) is 19.1 Å². The molecular formula is C25H29N3O6S2. The van der Waals surface area contributed by atoms with E-state index in [0.29, 0.717) is 28.3 Å². The Balaban J connectivity index is 1.77. The number of carbonyl (C=O) groups is 3. The number of thioether (sulfide) groups is 1. The molecule has 0 aliphatic rings. The molecule has 3 rings (SSSR count). The molecule has 3 aromatic rings. The molecule has 2 atom stereocenters. The summed E-state index contributed by atoms with van der Waals surface area (Å²) in [4.78, 5) is 53.2. The van der Waals surface area contributed by atoms with Crippen LogP contribution in [0.5, 0.6) is 5.88 Å². The van der Waals surface area contributed by atoms with Gasteiger partial charge in [0, 0.05) is 28.3 Å². The van der Waals surface area contributed by atoms with E-state index in [1.165, 1.54) is 24.5 Å². The minimum atomic E-state index is -1.03. The van der Waals surface area contributed by atoms with Gasteiger partial charge in [-0.05, 0) is 37.5 Å². The molecule has 1 amide bonds. The third-order valence-corrected chi connectivity index (χ3v) is 7.53. The highest BCUT2D eigenvalue weighted by Gasteiger charge is 2.29. The average molecular weight is 532 g/mol. The van der Waals surface area contributed by atoms with Crippen LogP contribution >= 0.6 is 23.1 Å². The molecule has 9 nitrogen and oxygen atoms in total. The maximum absolute atomic E-state index is 13.3. The molecule has 36 heavy (non-hydrogen) atoms. The van der Waals surface area contributed by atoms with E-state index in [1.807, 2.05) is 30.3 Å². The van der Waals surface area contributed by atoms with Crippen molar-refractivity contribution in [3.05, 3.63) is 74.5 Å². The van der Waals surface area contributed by atoms with E-state index < -0.39 is 23.6 Å². The van der Waals surface area contributed by atoms with E-state index in [2.05, 4.69) is 10.3 Å². The molecule has 2 aromatic heterocycles. The molecule has 1 aromatic carbocycles. The first kappa shape index (κ1) is 27.3. The number of aromatic nitrogens is 2. The van der Waals surface area contributed by atoms with E-state index in [-0.39, 0.29) is 30.1 Å². The minimum absolute atomic E-state index is 0.0828. The number of ether oxygens (including phenoxy) is 1. The maximum atomic E-state index is 13.3. The second-order valence-electron chi connectivity index (χ2n) is 8.06. The lowest BCUT2D eigenvalue weighted by molar-refractivity contribution is -0.148. The summed E-state index contributed by atoms with van der Waals surface area (Å²) >= 11 is 2.31. The van der Waals surface area contributed by atoms with Gasteiger partial charge in [0.15, 0.2) is 11.2 Å². The molecule has 0 bridgehead atoms. The van der Waals surface area contributed by atoms with Gasteiger partial charge in [0.05, 0.1) is 19.3 Å². The van der Waals surface area contributed by atoms with Gasteiger partial charge in [0.2, 0.25) is 11.8 Å². The fourth-order valence-corrected chi connectivity index (χ4v) is 5.35. The third-order valence-electron chi connectivity index (χ3n) is 5.42. The largest absolute Gasteiger partial charge is 0.493 e. The lowest BCUT2D eigenvalue weighted by Gasteiger charge is -2.21. The normalized spacial score (nSPS) is 12.6. The van der Waals surface area contributed by atoms with Crippen LogP contribution < -0.4 is 11.0 Å². The van der Waals surface area contributed by atoms with Crippen LogP contribution in [0.3, 0.4) is 0 Å². The smallest absolute Gasteiger partial charge is 0.334 e. The molecule has 0 aliphatic carbocycles. The number of H-pyrrole nitrogens is 1. The molecule has 11 heteroatoms. The lowest BCUT2D eigenvalue weighted by Crippen LogP contribution is -2.39. The summed E-state index contributed by atoms with van der Waals surface area (Å²) in [5.74, 6) is -1.33. The number of benzene rings is 1. The number of thiophene rings is 1. The summed E-state index contributed by atoms with van der Waals surface area (Å²) in [6.45, 7) is 3.40. The standard InChI is InChI=1S/C25H29N3O6S2/c1-3-34-24(32)22(20-12-11-19(36-20)14-28-21(30)13-26-25(28)33)27-23(31)18(15-35-16(2)29)10-9-17-7-5-4-6-8-17/h4-8,11-13,18,22,30H,3,9-10,14-15H2,1-2H3,(H,26,33)(H,27,31). The molecule has 0 fully saturated rings. The Hall–Kier alpha value is -3.31. The number of hydrogen-bond donors (Lipinski definition) is 3. The van der Waals surface area contributed by atoms with Crippen LogP contribution in [-0.4, -0.2) is 44.0 Å². The van der Waals surface area contributed by atoms with Crippen molar-refractivity contribution in [2.24, 2.45) is 5.92 Å². The first-order valence-electron chi connectivity index (χ1n) is 11.5. The van der Waals surface area contributed by atoms with Crippen LogP contribution in [0.1, 0.15) is 41.6 Å². The Kier molecular flexibility index (Phi) is 9.95. The zero-order valence-electron chi connectivity index (χ0n) is 20.1. The van der Waals surface area contributed by atoms with Crippen LogP contribution in [-0.2, 0) is 32.1 Å². The quantitative estimate of drug-likeness (QED) is 0.306. The number of rotatable bonds is 12. The number of amides is 1. The summed E-state index contributed by atoms with van der Waals surface area (Å²) in [7, 11) is 0. The van der Waals surface area contributed by atoms with Crippen LogP contribution in [0, 0.1) is 5.92 Å². The number of esters is 1. The van der Waals surface area contributed by atoms with Crippen molar-refractivity contribution in [1.82, 2.24) is 14.9 Å². The number of aryl methyl sites for hydroxylation is 1. The Bertz CT molecular complexity index is 1230. The first-order chi connectivity index (χ1) is 17.3. The van der Waals surface area contributed by atoms with Crippen LogP contribution in [0.15, 0.2) is 53.5 Å². The van der Waals surface area contributed by atoms with Gasteiger partial charge in [-0.3, -0.25) is 14.2 Å². The van der Waals surface area contributed by atoms with Crippen molar-refractivity contribution >= 4 is 40.1 Å². The van der Waals surface area contributed by atoms with Crippen molar-refractivity contribution < 1.29 is 24.2 Å². The molecular weight excluding hydrogens is 502 g/mol. The van der Waals surface area contributed by atoms with Crippen LogP contribution in [0.25, 0.3) is 0 Å². The first-order valence-corrected chi connectivity index (χ1v) is 13.3. The van der Waals surface area contributed by atoms with E-state index in [0.717, 1.165) is 21.9 Å². The summed E-state index contributed by atoms with van der Waals surface area (Å²) in [6.07, 6.45) is 2.36. The van der Waals surface area contributed by atoms with E-state index in [4.69, 9.17) is 4.74 Å². The van der Waals surface area contributed by atoms with Gasteiger partial charge in [-0.25, -0.2) is 9.59 Å². The van der Waals surface area contributed by atoms with Gasteiger partial charge in [-0.1, -0.05) is 42.1 Å². The SMILES string of the molecule is CCOC(=O)C(NC(=O)C(CCc1ccccc1)CSC(C)=O)c1ccc(Cn2c(O)c[nH]c2=O)s1. The van der Waals surface area contributed by atoms with Crippen molar-refractivity contribution in [2.75, 3.05) is 12.4 Å². The van der Waals surface area contributed by atoms with Crippen LogP contribution in [0.2, 0.25) is 0 Å². The Morgan fingerprint density at radius 3 is 2.58 bits per heavy atom. The molecule has 0 radical (unpaired) electrons. The van der Waals surface area contributed by atoms with Crippen molar-refractivity contribution in [3.8, 4) is 5.88 Å². The molecule has 0 aliphatic heterocycles. The summed E-state index contributed by atoms with van der Waals surface area (Å²) in [5, 5.41) is 12.6. The third kappa shape index (κ3) is 7.59. The highest BCUT2D eigenvalue weighted by molar-refractivity contribution is 8.13. The maximum Gasteiger partial charge on any atom is 0.334 e. The summed E-state index contributed by atoms with van der Waals surface area (Å²) in [5.41, 5.74) is 0.623. The summed E-state index contributed by atoms with van der Waals surface area (Å²) < 4.78 is 6.37. The number of nitrogens with one attached hydrogen (secondary N) is 2. The molecule has 3 N–H and O–H groups in total. The van der Waals surface area contributed by atoms with Gasteiger partial charge in [-0.15, -0.1) is 11.3 Å². The van der Waals surface area contributed by atoms with Gasteiger partial charge in [-0.2, -0.15) is 0 Å².